The van der Waals surface area contributed by atoms with Gasteiger partial charge in [0, 0.05) is 11.3 Å². The van der Waals surface area contributed by atoms with Crippen molar-refractivity contribution >= 4 is 35.3 Å². The van der Waals surface area contributed by atoms with Crippen LogP contribution in [0.3, 0.4) is 0 Å². The monoisotopic (exact) mass is 579 g/mol. The third-order valence-electron chi connectivity index (χ3n) is 6.24. The van der Waals surface area contributed by atoms with E-state index in [1.807, 2.05) is 61.5 Å². The number of ether oxygens (including phenoxy) is 4. The number of hydrogen-bond donors (Lipinski definition) is 1. The molecule has 3 rings (SSSR count). The minimum Gasteiger partial charge on any atom is -0.494 e. The summed E-state index contributed by atoms with van der Waals surface area (Å²) >= 11 is 1.45. The summed E-state index contributed by atoms with van der Waals surface area (Å²) in [7, 11) is 2.68. The van der Waals surface area contributed by atoms with Crippen LogP contribution in [0.2, 0.25) is 0 Å². The second-order valence-corrected chi connectivity index (χ2v) is 10.4. The summed E-state index contributed by atoms with van der Waals surface area (Å²) in [5.41, 5.74) is 1.79. The second-order valence-electron chi connectivity index (χ2n) is 9.23. The topological polar surface area (TPSA) is 100 Å². The number of amides is 1. The third-order valence-corrected chi connectivity index (χ3v) is 7.38. The number of esters is 2. The van der Waals surface area contributed by atoms with E-state index < -0.39 is 11.9 Å². The van der Waals surface area contributed by atoms with Crippen LogP contribution in [0.25, 0.3) is 0 Å². The maximum atomic E-state index is 13.2. The van der Waals surface area contributed by atoms with E-state index in [0.29, 0.717) is 53.7 Å². The number of benzene rings is 3. The van der Waals surface area contributed by atoms with Gasteiger partial charge in [-0.2, -0.15) is 0 Å². The van der Waals surface area contributed by atoms with Crippen molar-refractivity contribution in [2.24, 2.45) is 0 Å². The Balaban J connectivity index is 1.55. The Kier molecular flexibility index (Phi) is 13.1. The van der Waals surface area contributed by atoms with Crippen molar-refractivity contribution in [2.75, 3.05) is 38.5 Å². The number of anilines is 1. The molecular weight excluding hydrogens is 542 g/mol. The molecule has 0 aliphatic rings. The number of nitrogens with one attached hydrogen (secondary N) is 1. The largest absolute Gasteiger partial charge is 0.494 e. The molecule has 0 saturated heterocycles. The molecule has 218 valence electrons. The molecule has 3 aromatic carbocycles. The van der Waals surface area contributed by atoms with Gasteiger partial charge >= 0.3 is 11.9 Å². The summed E-state index contributed by atoms with van der Waals surface area (Å²) in [6.45, 7) is 3.00. The molecular formula is C32H37NO7S. The van der Waals surface area contributed by atoms with Crippen molar-refractivity contribution < 1.29 is 33.3 Å². The number of carbonyl (C=O) groups is 3. The van der Waals surface area contributed by atoms with Crippen LogP contribution in [0.5, 0.6) is 11.5 Å². The van der Waals surface area contributed by atoms with Crippen LogP contribution in [-0.2, 0) is 19.1 Å². The first-order chi connectivity index (χ1) is 19.9. The Hall–Kier alpha value is -3.98. The molecule has 1 unspecified atom stereocenters. The first-order valence-electron chi connectivity index (χ1n) is 13.5. The van der Waals surface area contributed by atoms with Gasteiger partial charge in [-0.15, -0.1) is 11.8 Å². The van der Waals surface area contributed by atoms with Gasteiger partial charge in [-0.3, -0.25) is 9.59 Å². The summed E-state index contributed by atoms with van der Waals surface area (Å²) in [5.74, 6) is 0.786. The molecule has 1 amide bonds. The van der Waals surface area contributed by atoms with E-state index in [1.54, 1.807) is 18.2 Å². The second kappa shape index (κ2) is 17.0. The molecule has 0 fully saturated rings. The van der Waals surface area contributed by atoms with Crippen LogP contribution >= 0.6 is 11.8 Å². The highest BCUT2D eigenvalue weighted by molar-refractivity contribution is 7.99. The van der Waals surface area contributed by atoms with E-state index >= 15 is 0 Å². The fourth-order valence-electron chi connectivity index (χ4n) is 3.86. The zero-order chi connectivity index (χ0) is 29.5. The molecule has 41 heavy (non-hydrogen) atoms. The van der Waals surface area contributed by atoms with Crippen molar-refractivity contribution in [1.82, 2.24) is 0 Å². The van der Waals surface area contributed by atoms with E-state index in [4.69, 9.17) is 18.9 Å². The van der Waals surface area contributed by atoms with Crippen LogP contribution in [-0.4, -0.2) is 51.0 Å². The predicted octanol–water partition coefficient (Wildman–Crippen LogP) is 6.50. The predicted molar refractivity (Wildman–Crippen MR) is 160 cm³/mol. The highest BCUT2D eigenvalue weighted by Crippen LogP contribution is 2.31. The van der Waals surface area contributed by atoms with Gasteiger partial charge in [-0.1, -0.05) is 30.3 Å². The van der Waals surface area contributed by atoms with Crippen molar-refractivity contribution in [3.63, 3.8) is 0 Å². The maximum Gasteiger partial charge on any atom is 0.337 e. The molecule has 1 N–H and O–H groups in total. The number of thioether (sulfide) groups is 1. The number of para-hydroxylation sites is 1. The van der Waals surface area contributed by atoms with Gasteiger partial charge in [0.25, 0.3) is 0 Å². The Labute approximate surface area is 245 Å². The average Bonchev–Trinajstić information content (AvgIpc) is 3.01. The lowest BCUT2D eigenvalue weighted by Crippen LogP contribution is -2.19. The molecule has 9 heteroatoms. The summed E-state index contributed by atoms with van der Waals surface area (Å²) in [5, 5.41) is 2.99. The van der Waals surface area contributed by atoms with Gasteiger partial charge < -0.3 is 24.3 Å². The average molecular weight is 580 g/mol. The standard InChI is InChI=1S/C32H37NO7S/c1-23(24-11-9-14-27(21-24)40-19-8-7-18-39-26-12-5-4-6-13-26)31(35)33-28-17-16-25(32(36)38-3)22-29(28)41-20-10-15-30(34)37-2/h4-6,9,11-14,16-17,21-23H,7-8,10,15,18-20H2,1-3H3,(H,33,35). The van der Waals surface area contributed by atoms with Gasteiger partial charge in [0.15, 0.2) is 0 Å². The zero-order valence-corrected chi connectivity index (χ0v) is 24.5. The summed E-state index contributed by atoms with van der Waals surface area (Å²) in [6, 6.07) is 22.2. The van der Waals surface area contributed by atoms with Crippen LogP contribution in [0.1, 0.15) is 54.4 Å². The third kappa shape index (κ3) is 10.5. The van der Waals surface area contributed by atoms with Crippen molar-refractivity contribution in [1.29, 1.82) is 0 Å². The normalized spacial score (nSPS) is 11.3. The molecule has 0 aliphatic heterocycles. The molecule has 0 radical (unpaired) electrons. The van der Waals surface area contributed by atoms with E-state index in [-0.39, 0.29) is 11.9 Å². The van der Waals surface area contributed by atoms with Crippen molar-refractivity contribution in [3.8, 4) is 11.5 Å². The Morgan fingerprint density at radius 2 is 1.51 bits per heavy atom. The van der Waals surface area contributed by atoms with E-state index in [9.17, 15) is 14.4 Å². The summed E-state index contributed by atoms with van der Waals surface area (Å²) < 4.78 is 21.2. The number of carbonyl (C=O) groups excluding carboxylic acids is 3. The number of methoxy groups -OCH3 is 2. The first-order valence-corrected chi connectivity index (χ1v) is 14.5. The lowest BCUT2D eigenvalue weighted by molar-refractivity contribution is -0.140. The molecule has 0 aliphatic carbocycles. The molecule has 3 aromatic rings. The molecule has 0 bridgehead atoms. The maximum absolute atomic E-state index is 13.2. The van der Waals surface area contributed by atoms with Gasteiger partial charge in [-0.05, 0) is 80.0 Å². The highest BCUT2D eigenvalue weighted by Gasteiger charge is 2.19. The quantitative estimate of drug-likeness (QED) is 0.117. The van der Waals surface area contributed by atoms with Gasteiger partial charge in [0.05, 0.1) is 44.6 Å². The van der Waals surface area contributed by atoms with Crippen LogP contribution < -0.4 is 14.8 Å². The van der Waals surface area contributed by atoms with Crippen LogP contribution in [0, 0.1) is 0 Å². The SMILES string of the molecule is COC(=O)CCCSc1cc(C(=O)OC)ccc1NC(=O)C(C)c1cccc(OCCCCOc2ccccc2)c1. The van der Waals surface area contributed by atoms with E-state index in [2.05, 4.69) is 5.32 Å². The molecule has 0 heterocycles. The lowest BCUT2D eigenvalue weighted by atomic mass is 10.00. The molecule has 0 aromatic heterocycles. The fraction of sp³-hybridized carbons (Fsp3) is 0.344. The van der Waals surface area contributed by atoms with E-state index in [1.165, 1.54) is 26.0 Å². The van der Waals surface area contributed by atoms with Crippen molar-refractivity contribution in [3.05, 3.63) is 83.9 Å². The number of hydrogen-bond acceptors (Lipinski definition) is 8. The molecule has 8 nitrogen and oxygen atoms in total. The summed E-state index contributed by atoms with van der Waals surface area (Å²) in [6.07, 6.45) is 2.59. The summed E-state index contributed by atoms with van der Waals surface area (Å²) in [4.78, 5) is 37.5. The smallest absolute Gasteiger partial charge is 0.337 e. The first kappa shape index (κ1) is 31.5. The Morgan fingerprint density at radius 3 is 2.22 bits per heavy atom. The molecule has 1 atom stereocenters. The van der Waals surface area contributed by atoms with Gasteiger partial charge in [0.1, 0.15) is 11.5 Å². The van der Waals surface area contributed by atoms with Gasteiger partial charge in [0.2, 0.25) is 5.91 Å². The minimum atomic E-state index is -0.465. The highest BCUT2D eigenvalue weighted by atomic mass is 32.2. The fourth-order valence-corrected chi connectivity index (χ4v) is 4.85. The zero-order valence-electron chi connectivity index (χ0n) is 23.7. The molecule has 0 saturated carbocycles. The lowest BCUT2D eigenvalue weighted by Gasteiger charge is -2.17. The Bertz CT molecular complexity index is 1280. The number of unbranched alkanes of at least 4 members (excludes halogenated alkanes) is 1. The van der Waals surface area contributed by atoms with Crippen LogP contribution in [0.15, 0.2) is 77.7 Å². The minimum absolute atomic E-state index is 0.192. The Morgan fingerprint density at radius 1 is 0.805 bits per heavy atom. The van der Waals surface area contributed by atoms with Crippen LogP contribution in [0.4, 0.5) is 5.69 Å². The molecule has 0 spiro atoms. The number of rotatable bonds is 16. The van der Waals surface area contributed by atoms with Crippen molar-refractivity contribution in [2.45, 2.75) is 43.4 Å². The van der Waals surface area contributed by atoms with Gasteiger partial charge in [-0.25, -0.2) is 4.79 Å². The van der Waals surface area contributed by atoms with E-state index in [0.717, 1.165) is 24.2 Å².